The zero-order valence-electron chi connectivity index (χ0n) is 17.0. The Labute approximate surface area is 182 Å². The Kier molecular flexibility index (Phi) is 6.86. The first-order chi connectivity index (χ1) is 14.9. The number of thioether (sulfide) groups is 1. The normalized spacial score (nSPS) is 16.1. The van der Waals surface area contributed by atoms with Crippen LogP contribution in [0.15, 0.2) is 57.6 Å². The fourth-order valence-corrected chi connectivity index (χ4v) is 3.82. The van der Waals surface area contributed by atoms with Crippen molar-refractivity contribution in [1.82, 2.24) is 0 Å². The largest absolute Gasteiger partial charge is 0.506 e. The van der Waals surface area contributed by atoms with Gasteiger partial charge in [-0.05, 0) is 31.2 Å². The number of halogens is 1. The summed E-state index contributed by atoms with van der Waals surface area (Å²) in [5.74, 6) is -1.53. The van der Waals surface area contributed by atoms with E-state index in [-0.39, 0.29) is 33.5 Å². The SMILES string of the molecule is CCOC(=O)C1=C(O)/C(=C\c2cccc(F)c2O)SC1=Nc1ccc(OC)c(OC)c1. The molecule has 1 aliphatic rings. The summed E-state index contributed by atoms with van der Waals surface area (Å²) in [7, 11) is 3.00. The van der Waals surface area contributed by atoms with E-state index in [1.165, 1.54) is 32.4 Å². The predicted molar refractivity (Wildman–Crippen MR) is 117 cm³/mol. The lowest BCUT2D eigenvalue weighted by Gasteiger charge is -2.08. The van der Waals surface area contributed by atoms with Gasteiger partial charge in [0.05, 0.1) is 31.4 Å². The minimum absolute atomic E-state index is 0.105. The summed E-state index contributed by atoms with van der Waals surface area (Å²) in [5, 5.41) is 20.8. The molecule has 2 N–H and O–H groups in total. The number of rotatable bonds is 6. The third-order valence-electron chi connectivity index (χ3n) is 4.27. The Morgan fingerprint density at radius 1 is 1.16 bits per heavy atom. The molecule has 162 valence electrons. The number of aliphatic imine (C=N–C) groups is 1. The number of phenols is 1. The lowest BCUT2D eigenvalue weighted by molar-refractivity contribution is -0.138. The Morgan fingerprint density at radius 3 is 2.58 bits per heavy atom. The van der Waals surface area contributed by atoms with Crippen LogP contribution in [0.1, 0.15) is 12.5 Å². The third-order valence-corrected chi connectivity index (χ3v) is 5.29. The highest BCUT2D eigenvalue weighted by molar-refractivity contribution is 8.18. The maximum absolute atomic E-state index is 13.7. The second-order valence-electron chi connectivity index (χ2n) is 6.19. The average molecular weight is 445 g/mol. The zero-order valence-corrected chi connectivity index (χ0v) is 17.8. The topological polar surface area (TPSA) is 97.6 Å². The van der Waals surface area contributed by atoms with E-state index in [4.69, 9.17) is 14.2 Å². The first-order valence-corrected chi connectivity index (χ1v) is 10.00. The maximum atomic E-state index is 13.7. The van der Waals surface area contributed by atoms with Crippen molar-refractivity contribution in [2.45, 2.75) is 6.92 Å². The molecule has 1 heterocycles. The molecule has 7 nitrogen and oxygen atoms in total. The van der Waals surface area contributed by atoms with Gasteiger partial charge in [0.1, 0.15) is 16.4 Å². The fraction of sp³-hybridized carbons (Fsp3) is 0.182. The van der Waals surface area contributed by atoms with E-state index in [0.29, 0.717) is 17.2 Å². The van der Waals surface area contributed by atoms with E-state index in [0.717, 1.165) is 17.8 Å². The van der Waals surface area contributed by atoms with Crippen molar-refractivity contribution < 1.29 is 33.6 Å². The van der Waals surface area contributed by atoms with Gasteiger partial charge in [-0.2, -0.15) is 0 Å². The highest BCUT2D eigenvalue weighted by Gasteiger charge is 2.33. The molecule has 2 aromatic rings. The highest BCUT2D eigenvalue weighted by Crippen LogP contribution is 2.42. The molecule has 31 heavy (non-hydrogen) atoms. The van der Waals surface area contributed by atoms with E-state index < -0.39 is 17.5 Å². The van der Waals surface area contributed by atoms with Crippen molar-refractivity contribution in [3.63, 3.8) is 0 Å². The summed E-state index contributed by atoms with van der Waals surface area (Å²) in [6.07, 6.45) is 1.37. The molecule has 9 heteroatoms. The molecule has 0 bridgehead atoms. The van der Waals surface area contributed by atoms with Gasteiger partial charge in [-0.1, -0.05) is 23.9 Å². The van der Waals surface area contributed by atoms with Crippen LogP contribution in [0, 0.1) is 5.82 Å². The highest BCUT2D eigenvalue weighted by atomic mass is 32.2. The van der Waals surface area contributed by atoms with Crippen molar-refractivity contribution in [3.8, 4) is 17.2 Å². The van der Waals surface area contributed by atoms with Crippen molar-refractivity contribution in [1.29, 1.82) is 0 Å². The number of hydrogen-bond donors (Lipinski definition) is 2. The number of nitrogens with zero attached hydrogens (tertiary/aromatic N) is 1. The van der Waals surface area contributed by atoms with E-state index in [2.05, 4.69) is 4.99 Å². The van der Waals surface area contributed by atoms with Crippen LogP contribution in [0.2, 0.25) is 0 Å². The minimum Gasteiger partial charge on any atom is -0.506 e. The van der Waals surface area contributed by atoms with Crippen molar-refractivity contribution in [2.75, 3.05) is 20.8 Å². The number of carbonyl (C=O) groups excluding carboxylic acids is 1. The number of methoxy groups -OCH3 is 2. The molecule has 2 aromatic carbocycles. The first kappa shape index (κ1) is 22.2. The molecule has 0 amide bonds. The molecule has 0 aromatic heterocycles. The Morgan fingerprint density at radius 2 is 1.90 bits per heavy atom. The number of esters is 1. The van der Waals surface area contributed by atoms with Crippen LogP contribution in [0.25, 0.3) is 6.08 Å². The summed E-state index contributed by atoms with van der Waals surface area (Å²) in [6.45, 7) is 1.75. The number of aliphatic hydroxyl groups is 1. The predicted octanol–water partition coefficient (Wildman–Crippen LogP) is 4.74. The van der Waals surface area contributed by atoms with E-state index in [1.807, 2.05) is 0 Å². The molecule has 3 rings (SSSR count). The number of hydrogen-bond acceptors (Lipinski definition) is 8. The lowest BCUT2D eigenvalue weighted by Crippen LogP contribution is -2.12. The average Bonchev–Trinajstić information content (AvgIpc) is 3.06. The molecule has 0 spiro atoms. The fourth-order valence-electron chi connectivity index (χ4n) is 2.79. The van der Waals surface area contributed by atoms with Gasteiger partial charge in [0.25, 0.3) is 0 Å². The molecule has 0 fully saturated rings. The molecular weight excluding hydrogens is 425 g/mol. The first-order valence-electron chi connectivity index (χ1n) is 9.18. The Hall–Kier alpha value is -3.46. The van der Waals surface area contributed by atoms with Gasteiger partial charge < -0.3 is 24.4 Å². The van der Waals surface area contributed by atoms with Crippen LogP contribution < -0.4 is 9.47 Å². The van der Waals surface area contributed by atoms with E-state index in [1.54, 1.807) is 25.1 Å². The third kappa shape index (κ3) is 4.66. The van der Waals surface area contributed by atoms with Crippen LogP contribution in [0.4, 0.5) is 10.1 Å². The van der Waals surface area contributed by atoms with Crippen molar-refractivity contribution >= 4 is 34.5 Å². The molecule has 0 unspecified atom stereocenters. The van der Waals surface area contributed by atoms with Gasteiger partial charge in [0.15, 0.2) is 23.1 Å². The molecular formula is C22H20FNO6S. The summed E-state index contributed by atoms with van der Waals surface area (Å²) >= 11 is 0.989. The number of aliphatic hydroxyl groups excluding tert-OH is 1. The van der Waals surface area contributed by atoms with Crippen LogP contribution in [-0.2, 0) is 9.53 Å². The summed E-state index contributed by atoms with van der Waals surface area (Å²) in [6, 6.07) is 8.95. The number of ether oxygens (including phenoxy) is 3. The van der Waals surface area contributed by atoms with Crippen LogP contribution >= 0.6 is 11.8 Å². The molecule has 0 radical (unpaired) electrons. The van der Waals surface area contributed by atoms with Crippen LogP contribution in [-0.4, -0.2) is 42.1 Å². The monoisotopic (exact) mass is 445 g/mol. The van der Waals surface area contributed by atoms with Gasteiger partial charge in [0, 0.05) is 11.6 Å². The van der Waals surface area contributed by atoms with Gasteiger partial charge in [-0.3, -0.25) is 0 Å². The molecule has 0 aliphatic carbocycles. The van der Waals surface area contributed by atoms with Crippen LogP contribution in [0.5, 0.6) is 17.2 Å². The van der Waals surface area contributed by atoms with Gasteiger partial charge >= 0.3 is 5.97 Å². The summed E-state index contributed by atoms with van der Waals surface area (Å²) in [4.78, 5) is 17.2. The second kappa shape index (κ2) is 9.57. The van der Waals surface area contributed by atoms with Gasteiger partial charge in [0.2, 0.25) is 0 Å². The number of aromatic hydroxyl groups is 1. The van der Waals surface area contributed by atoms with Crippen molar-refractivity contribution in [2.24, 2.45) is 4.99 Å². The number of benzene rings is 2. The quantitative estimate of drug-likeness (QED) is 0.620. The molecule has 0 saturated carbocycles. The standard InChI is InChI=1S/C22H20FNO6S/c1-4-30-22(27)18-20(26)17(10-12-6-5-7-14(23)19(12)25)31-21(18)24-13-8-9-15(28-2)16(11-13)29-3/h5-11,25-26H,4H2,1-3H3/b17-10+,24-21?. The lowest BCUT2D eigenvalue weighted by atomic mass is 10.1. The number of para-hydroxylation sites is 1. The summed E-state index contributed by atoms with van der Waals surface area (Å²) < 4.78 is 29.2. The zero-order chi connectivity index (χ0) is 22.5. The van der Waals surface area contributed by atoms with Gasteiger partial charge in [-0.15, -0.1) is 0 Å². The van der Waals surface area contributed by atoms with Crippen LogP contribution in [0.3, 0.4) is 0 Å². The van der Waals surface area contributed by atoms with Crippen molar-refractivity contribution in [3.05, 3.63) is 64.0 Å². The molecule has 1 aliphatic heterocycles. The smallest absolute Gasteiger partial charge is 0.344 e. The second-order valence-corrected chi connectivity index (χ2v) is 7.22. The Balaban J connectivity index is 2.08. The maximum Gasteiger partial charge on any atom is 0.344 e. The Bertz CT molecular complexity index is 1110. The number of carbonyl (C=O) groups is 1. The van der Waals surface area contributed by atoms with Gasteiger partial charge in [-0.25, -0.2) is 14.2 Å². The van der Waals surface area contributed by atoms with E-state index in [9.17, 15) is 19.4 Å². The molecule has 0 saturated heterocycles. The number of phenolic OH excluding ortho intramolecular Hbond substituents is 1. The van der Waals surface area contributed by atoms with E-state index >= 15 is 0 Å². The summed E-state index contributed by atoms with van der Waals surface area (Å²) in [5.41, 5.74) is 0.470. The molecule has 0 atom stereocenters. The minimum atomic E-state index is -0.800.